The molecular formula is C29H36N4O8S. The number of fused-ring (bicyclic) bond motifs is 1. The van der Waals surface area contributed by atoms with E-state index in [9.17, 15) is 27.9 Å². The van der Waals surface area contributed by atoms with Gasteiger partial charge in [0.05, 0.1) is 17.2 Å². The van der Waals surface area contributed by atoms with Crippen LogP contribution in [0.5, 0.6) is 11.6 Å². The fraction of sp³-hybridized carbons (Fsp3) is 0.517. The first kappa shape index (κ1) is 29.6. The Morgan fingerprint density at radius 1 is 1.21 bits per heavy atom. The summed E-state index contributed by atoms with van der Waals surface area (Å²) < 4.78 is 38.7. The average Bonchev–Trinajstić information content (AvgIpc) is 3.83. The van der Waals surface area contributed by atoms with Gasteiger partial charge in [0.2, 0.25) is 27.7 Å². The van der Waals surface area contributed by atoms with Gasteiger partial charge in [-0.25, -0.2) is 18.2 Å². The van der Waals surface area contributed by atoms with Crippen LogP contribution in [0.2, 0.25) is 0 Å². The van der Waals surface area contributed by atoms with Crippen molar-refractivity contribution in [2.75, 3.05) is 13.1 Å². The number of hydrogen-bond acceptors (Lipinski definition) is 9. The smallest absolute Gasteiger partial charge is 0.411 e. The highest BCUT2D eigenvalue weighted by Gasteiger charge is 2.60. The fourth-order valence-electron chi connectivity index (χ4n) is 5.31. The maximum atomic E-state index is 13.5. The number of pyridine rings is 1. The van der Waals surface area contributed by atoms with Crippen LogP contribution in [-0.4, -0.2) is 77.4 Å². The van der Waals surface area contributed by atoms with Crippen molar-refractivity contribution in [2.45, 2.75) is 69.5 Å². The van der Waals surface area contributed by atoms with Gasteiger partial charge in [0.25, 0.3) is 0 Å². The van der Waals surface area contributed by atoms with E-state index in [0.717, 1.165) is 0 Å². The first-order chi connectivity index (χ1) is 19.7. The summed E-state index contributed by atoms with van der Waals surface area (Å²) in [5.74, 6) is -1.18. The lowest BCUT2D eigenvalue weighted by molar-refractivity contribution is -0.127. The number of ether oxygens (including phenoxy) is 2. The fourth-order valence-corrected chi connectivity index (χ4v) is 6.70. The van der Waals surface area contributed by atoms with Crippen LogP contribution in [-0.2, 0) is 24.3 Å². The second kappa shape index (κ2) is 10.8. The molecule has 2 aromatic rings. The number of phenols is 1. The second-order valence-corrected chi connectivity index (χ2v) is 14.2. The third kappa shape index (κ3) is 6.01. The van der Waals surface area contributed by atoms with Crippen LogP contribution in [0.25, 0.3) is 10.8 Å². The molecule has 1 aliphatic heterocycles. The largest absolute Gasteiger partial charge is 0.507 e. The minimum Gasteiger partial charge on any atom is -0.507 e. The van der Waals surface area contributed by atoms with Crippen LogP contribution in [0.3, 0.4) is 0 Å². The van der Waals surface area contributed by atoms with E-state index in [-0.39, 0.29) is 37.1 Å². The van der Waals surface area contributed by atoms with Gasteiger partial charge in [-0.3, -0.25) is 19.2 Å². The average molecular weight is 601 g/mol. The Morgan fingerprint density at radius 2 is 1.95 bits per heavy atom. The predicted octanol–water partition coefficient (Wildman–Crippen LogP) is 2.61. The van der Waals surface area contributed by atoms with E-state index in [1.807, 2.05) is 0 Å². The number of carbonyl (C=O) groups excluding carboxylic acids is 3. The zero-order valence-corrected chi connectivity index (χ0v) is 24.6. The Balaban J connectivity index is 1.32. The Kier molecular flexibility index (Phi) is 7.58. The molecule has 42 heavy (non-hydrogen) atoms. The van der Waals surface area contributed by atoms with Crippen molar-refractivity contribution in [1.82, 2.24) is 19.9 Å². The first-order valence-corrected chi connectivity index (χ1v) is 15.5. The number of phenolic OH excluding ortho intramolecular Hbond substituents is 1. The molecule has 1 aromatic carbocycles. The number of aromatic hydroxyl groups is 1. The number of allylic oxidation sites excluding steroid dienone is 1. The van der Waals surface area contributed by atoms with Gasteiger partial charge in [0.15, 0.2) is 0 Å². The second-order valence-electron chi connectivity index (χ2n) is 12.2. The van der Waals surface area contributed by atoms with E-state index in [2.05, 4.69) is 21.6 Å². The summed E-state index contributed by atoms with van der Waals surface area (Å²) in [7, 11) is -3.76. The third-order valence-electron chi connectivity index (χ3n) is 7.86. The first-order valence-electron chi connectivity index (χ1n) is 13.9. The van der Waals surface area contributed by atoms with Crippen LogP contribution in [0.4, 0.5) is 4.79 Å². The zero-order valence-electron chi connectivity index (χ0n) is 23.8. The van der Waals surface area contributed by atoms with Gasteiger partial charge in [-0.1, -0.05) is 12.1 Å². The molecule has 3 N–H and O–H groups in total. The van der Waals surface area contributed by atoms with Crippen LogP contribution in [0, 0.1) is 11.3 Å². The Morgan fingerprint density at radius 3 is 2.60 bits per heavy atom. The van der Waals surface area contributed by atoms with Crippen molar-refractivity contribution in [3.63, 3.8) is 0 Å². The Labute approximate surface area is 244 Å². The number of rotatable bonds is 9. The summed E-state index contributed by atoms with van der Waals surface area (Å²) in [5, 5.41) is 13.6. The highest BCUT2D eigenvalue weighted by molar-refractivity contribution is 7.90. The van der Waals surface area contributed by atoms with E-state index in [1.165, 1.54) is 11.1 Å². The molecule has 0 bridgehead atoms. The Hall–Kier alpha value is -3.87. The van der Waals surface area contributed by atoms with E-state index in [4.69, 9.17) is 9.47 Å². The van der Waals surface area contributed by atoms with Crippen molar-refractivity contribution < 1.29 is 37.4 Å². The SMILES string of the molecule is C=C[C@@H]1CC1(CNC(=O)C1C[C@@H](Oc2nccc3c(O)cccc23)CN1C(=O)OC(C)(C)C)C(=O)NS(=O)(=O)C1CC1. The van der Waals surface area contributed by atoms with Gasteiger partial charge in [-0.2, -0.15) is 0 Å². The van der Waals surface area contributed by atoms with Crippen LogP contribution < -0.4 is 14.8 Å². The standard InChI is InChI=1S/C29H36N4O8S/c1-5-17-14-29(17,26(36)32-42(38,39)19-9-10-19)16-31-24(35)22-13-18(15-33(22)27(37)41-28(2,3)4)40-25-21-7-6-8-23(34)20(21)11-12-30-25/h5-8,11-12,17-19,22,34H,1,9-10,13-16H2,2-4H3,(H,31,35)(H,32,36)/t17-,18-,22?,29?/m1/s1. The molecule has 0 radical (unpaired) electrons. The number of hydrogen-bond donors (Lipinski definition) is 3. The highest BCUT2D eigenvalue weighted by Crippen LogP contribution is 2.53. The molecule has 5 rings (SSSR count). The van der Waals surface area contributed by atoms with Gasteiger partial charge in [0, 0.05) is 29.9 Å². The number of benzene rings is 1. The number of nitrogens with zero attached hydrogens (tertiary/aromatic N) is 2. The third-order valence-corrected chi connectivity index (χ3v) is 9.68. The molecule has 1 saturated heterocycles. The summed E-state index contributed by atoms with van der Waals surface area (Å²) in [4.78, 5) is 45.4. The van der Waals surface area contributed by atoms with Gasteiger partial charge in [-0.15, -0.1) is 6.58 Å². The number of likely N-dealkylation sites (tertiary alicyclic amines) is 1. The molecule has 3 amide bonds. The van der Waals surface area contributed by atoms with Crippen molar-refractivity contribution >= 4 is 38.7 Å². The number of sulfonamides is 1. The molecule has 4 atom stereocenters. The normalized spacial score (nSPS) is 25.5. The van der Waals surface area contributed by atoms with Crippen molar-refractivity contribution in [3.8, 4) is 11.6 Å². The van der Waals surface area contributed by atoms with E-state index in [0.29, 0.717) is 30.0 Å². The monoisotopic (exact) mass is 600 g/mol. The summed E-state index contributed by atoms with van der Waals surface area (Å²) in [6, 6.07) is 5.65. The molecule has 3 fully saturated rings. The minimum atomic E-state index is -3.76. The molecule has 0 spiro atoms. The molecule has 226 valence electrons. The van der Waals surface area contributed by atoms with Crippen molar-refractivity contribution in [3.05, 3.63) is 43.1 Å². The lowest BCUT2D eigenvalue weighted by atomic mass is 10.0. The number of carbonyl (C=O) groups is 3. The summed E-state index contributed by atoms with van der Waals surface area (Å²) in [5.41, 5.74) is -1.95. The molecule has 2 unspecified atom stereocenters. The Bertz CT molecular complexity index is 1530. The van der Waals surface area contributed by atoms with Gasteiger partial charge < -0.3 is 19.9 Å². The van der Waals surface area contributed by atoms with Crippen LogP contribution >= 0.6 is 0 Å². The molecular weight excluding hydrogens is 564 g/mol. The topological polar surface area (TPSA) is 164 Å². The maximum Gasteiger partial charge on any atom is 0.411 e. The van der Waals surface area contributed by atoms with Gasteiger partial charge >= 0.3 is 6.09 Å². The predicted molar refractivity (Wildman–Crippen MR) is 153 cm³/mol. The van der Waals surface area contributed by atoms with Gasteiger partial charge in [0.1, 0.15) is 23.5 Å². The molecule has 3 aliphatic rings. The lowest BCUT2D eigenvalue weighted by Crippen LogP contribution is -2.50. The number of amides is 3. The lowest BCUT2D eigenvalue weighted by Gasteiger charge is -2.28. The van der Waals surface area contributed by atoms with E-state index < -0.39 is 56.3 Å². The quantitative estimate of drug-likeness (QED) is 0.367. The summed E-state index contributed by atoms with van der Waals surface area (Å²) in [6.07, 6.45) is 3.23. The van der Waals surface area contributed by atoms with Crippen LogP contribution in [0.15, 0.2) is 43.1 Å². The molecule has 2 aliphatic carbocycles. The van der Waals surface area contributed by atoms with Gasteiger partial charge in [-0.05, 0) is 64.2 Å². The van der Waals surface area contributed by atoms with Crippen molar-refractivity contribution in [2.24, 2.45) is 11.3 Å². The molecule has 2 saturated carbocycles. The molecule has 1 aromatic heterocycles. The van der Waals surface area contributed by atoms with Crippen LogP contribution in [0.1, 0.15) is 46.5 Å². The number of nitrogens with one attached hydrogen (secondary N) is 2. The number of aromatic nitrogens is 1. The highest BCUT2D eigenvalue weighted by atomic mass is 32.2. The summed E-state index contributed by atoms with van der Waals surface area (Å²) in [6.45, 7) is 8.81. The zero-order chi connectivity index (χ0) is 30.4. The molecule has 2 heterocycles. The summed E-state index contributed by atoms with van der Waals surface area (Å²) >= 11 is 0. The maximum absolute atomic E-state index is 13.5. The minimum absolute atomic E-state index is 0.0322. The van der Waals surface area contributed by atoms with Crippen molar-refractivity contribution in [1.29, 1.82) is 0 Å². The molecule has 12 nitrogen and oxygen atoms in total. The van der Waals surface area contributed by atoms with E-state index in [1.54, 1.807) is 51.1 Å². The van der Waals surface area contributed by atoms with E-state index >= 15 is 0 Å². The molecule has 13 heteroatoms.